The molecule has 322 valence electrons. The number of benzene rings is 3. The molecular formula is C40H57ClN4O11S2. The predicted molar refractivity (Wildman–Crippen MR) is 223 cm³/mol. The summed E-state index contributed by atoms with van der Waals surface area (Å²) in [6.45, 7) is 11.5. The molecule has 0 saturated carbocycles. The molecule has 0 atom stereocenters. The van der Waals surface area contributed by atoms with Crippen LogP contribution < -0.4 is 19.3 Å². The number of nitrogens with two attached hydrogens (primary N) is 1. The van der Waals surface area contributed by atoms with E-state index in [2.05, 4.69) is 0 Å². The Hall–Kier alpha value is -4.29. The normalized spacial score (nSPS) is 14.8. The summed E-state index contributed by atoms with van der Waals surface area (Å²) in [6.07, 6.45) is -0.992. The van der Waals surface area contributed by atoms with Gasteiger partial charge in [0, 0.05) is 45.1 Å². The van der Waals surface area contributed by atoms with Gasteiger partial charge in [0.1, 0.15) is 39.0 Å². The Balaban J connectivity index is 0.000000294. The standard InChI is InChI=1S/C24H32N2O6S.C8H9ClO.C8H16N2O4S/c1-24(2,3)32-23(27)25-16-22(17-25)33(28,29)26(14-18-6-10-20(30-4)11-7-18)15-19-8-12-21(31-5)13-9-19;1-10-8-4-2-7(6-9)3-5-8;1-8(2,3)14-7(11)10-4-6(5-10)15(9,12)13/h6-13,22H,14-17H2,1-5H3;2-5H,6H2,1H3;6H,4-5H2,1-3H3,(H2,9,12,13). The van der Waals surface area contributed by atoms with E-state index in [1.54, 1.807) is 87.1 Å². The fourth-order valence-corrected chi connectivity index (χ4v) is 8.02. The number of alkyl halides is 1. The van der Waals surface area contributed by atoms with E-state index in [4.69, 9.17) is 40.4 Å². The summed E-state index contributed by atoms with van der Waals surface area (Å²) in [5, 5.41) is 3.60. The quantitative estimate of drug-likeness (QED) is 0.224. The van der Waals surface area contributed by atoms with Crippen LogP contribution in [-0.4, -0.2) is 112 Å². The van der Waals surface area contributed by atoms with Gasteiger partial charge in [0.25, 0.3) is 0 Å². The van der Waals surface area contributed by atoms with Crippen molar-refractivity contribution in [3.05, 3.63) is 89.5 Å². The maximum absolute atomic E-state index is 13.5. The van der Waals surface area contributed by atoms with E-state index in [9.17, 15) is 26.4 Å². The summed E-state index contributed by atoms with van der Waals surface area (Å²) >= 11 is 5.58. The summed E-state index contributed by atoms with van der Waals surface area (Å²) in [6, 6.07) is 22.3. The largest absolute Gasteiger partial charge is 0.497 e. The minimum Gasteiger partial charge on any atom is -0.497 e. The van der Waals surface area contributed by atoms with Crippen LogP contribution in [0.4, 0.5) is 9.59 Å². The van der Waals surface area contributed by atoms with Crippen molar-refractivity contribution in [1.29, 1.82) is 0 Å². The number of ether oxygens (including phenoxy) is 5. The van der Waals surface area contributed by atoms with Crippen molar-refractivity contribution >= 4 is 43.8 Å². The molecule has 2 amide bonds. The average Bonchev–Trinajstić information content (AvgIpc) is 3.09. The van der Waals surface area contributed by atoms with Crippen LogP contribution >= 0.6 is 11.6 Å². The van der Waals surface area contributed by atoms with Gasteiger partial charge in [-0.05, 0) is 94.6 Å². The van der Waals surface area contributed by atoms with Gasteiger partial charge in [-0.1, -0.05) is 36.4 Å². The fourth-order valence-electron chi connectivity index (χ4n) is 5.25. The smallest absolute Gasteiger partial charge is 0.410 e. The van der Waals surface area contributed by atoms with Crippen molar-refractivity contribution in [3.8, 4) is 17.2 Å². The Morgan fingerprint density at radius 3 is 1.21 bits per heavy atom. The third-order valence-corrected chi connectivity index (χ3v) is 12.2. The molecular weight excluding hydrogens is 812 g/mol. The molecule has 2 aliphatic heterocycles. The predicted octanol–water partition coefficient (Wildman–Crippen LogP) is 5.98. The van der Waals surface area contributed by atoms with Crippen molar-refractivity contribution in [2.24, 2.45) is 5.14 Å². The number of halogens is 1. The number of carbonyl (C=O) groups is 2. The van der Waals surface area contributed by atoms with Gasteiger partial charge in [-0.3, -0.25) is 0 Å². The third kappa shape index (κ3) is 15.1. The number of sulfonamides is 2. The van der Waals surface area contributed by atoms with Crippen LogP contribution in [0.15, 0.2) is 72.8 Å². The average molecular weight is 869 g/mol. The topological polar surface area (TPSA) is 184 Å². The number of primary sulfonamides is 1. The van der Waals surface area contributed by atoms with Gasteiger partial charge in [-0.15, -0.1) is 11.6 Å². The van der Waals surface area contributed by atoms with E-state index in [1.807, 2.05) is 48.5 Å². The summed E-state index contributed by atoms with van der Waals surface area (Å²) in [7, 11) is -2.39. The molecule has 0 unspecified atom stereocenters. The molecule has 58 heavy (non-hydrogen) atoms. The number of hydrogen-bond donors (Lipinski definition) is 1. The number of methoxy groups -OCH3 is 3. The van der Waals surface area contributed by atoms with E-state index >= 15 is 0 Å². The second-order valence-electron chi connectivity index (χ2n) is 15.6. The Labute approximate surface area is 348 Å². The van der Waals surface area contributed by atoms with Crippen LogP contribution in [0.1, 0.15) is 58.2 Å². The van der Waals surface area contributed by atoms with Gasteiger partial charge in [0.2, 0.25) is 20.0 Å². The van der Waals surface area contributed by atoms with Crippen LogP contribution in [0.3, 0.4) is 0 Å². The maximum atomic E-state index is 13.5. The molecule has 2 aliphatic rings. The van der Waals surface area contributed by atoms with Crippen molar-refractivity contribution < 1.29 is 50.1 Å². The molecule has 0 spiro atoms. The first-order valence-electron chi connectivity index (χ1n) is 18.4. The second kappa shape index (κ2) is 20.6. The number of amides is 2. The molecule has 2 saturated heterocycles. The lowest BCUT2D eigenvalue weighted by Crippen LogP contribution is -2.60. The highest BCUT2D eigenvalue weighted by molar-refractivity contribution is 7.90. The van der Waals surface area contributed by atoms with Crippen molar-refractivity contribution in [2.45, 2.75) is 82.2 Å². The molecule has 5 rings (SSSR count). The first-order valence-corrected chi connectivity index (χ1v) is 22.0. The molecule has 0 aromatic heterocycles. The first-order chi connectivity index (χ1) is 27.0. The van der Waals surface area contributed by atoms with Crippen molar-refractivity contribution in [1.82, 2.24) is 14.1 Å². The highest BCUT2D eigenvalue weighted by Gasteiger charge is 2.44. The van der Waals surface area contributed by atoms with Gasteiger partial charge >= 0.3 is 12.2 Å². The Bertz CT molecular complexity index is 1920. The maximum Gasteiger partial charge on any atom is 0.410 e. The highest BCUT2D eigenvalue weighted by atomic mass is 35.5. The fraction of sp³-hybridized carbons (Fsp3) is 0.500. The molecule has 15 nitrogen and oxygen atoms in total. The minimum absolute atomic E-state index is 0.110. The zero-order valence-electron chi connectivity index (χ0n) is 34.6. The Morgan fingerprint density at radius 2 is 0.931 bits per heavy atom. The molecule has 0 aliphatic carbocycles. The van der Waals surface area contributed by atoms with E-state index in [0.29, 0.717) is 17.4 Å². The van der Waals surface area contributed by atoms with E-state index in [0.717, 1.165) is 22.4 Å². The van der Waals surface area contributed by atoms with Gasteiger partial charge in [-0.2, -0.15) is 4.31 Å². The summed E-state index contributed by atoms with van der Waals surface area (Å²) in [5.74, 6) is 2.84. The van der Waals surface area contributed by atoms with E-state index in [1.165, 1.54) is 14.1 Å². The van der Waals surface area contributed by atoms with Gasteiger partial charge in [0.05, 0.1) is 21.3 Å². The summed E-state index contributed by atoms with van der Waals surface area (Å²) < 4.78 is 76.0. The highest BCUT2D eigenvalue weighted by Crippen LogP contribution is 2.27. The van der Waals surface area contributed by atoms with Crippen molar-refractivity contribution in [2.75, 3.05) is 47.5 Å². The van der Waals surface area contributed by atoms with Crippen molar-refractivity contribution in [3.63, 3.8) is 0 Å². The second-order valence-corrected chi connectivity index (χ2v) is 19.9. The minimum atomic E-state index is -3.68. The van der Waals surface area contributed by atoms with Gasteiger partial charge in [-0.25, -0.2) is 31.6 Å². The lowest BCUT2D eigenvalue weighted by atomic mass is 10.2. The molecule has 2 N–H and O–H groups in total. The molecule has 3 aromatic rings. The molecule has 3 aromatic carbocycles. The zero-order chi connectivity index (χ0) is 43.5. The number of rotatable bonds is 11. The molecule has 18 heteroatoms. The number of carbonyl (C=O) groups excluding carboxylic acids is 2. The molecule has 2 heterocycles. The SMILES string of the molecule is CC(C)(C)OC(=O)N1CC(S(N)(=O)=O)C1.COc1ccc(CCl)cc1.COc1ccc(CN(Cc2ccc(OC)cc2)S(=O)(=O)C2CN(C(=O)OC(C)(C)C)C2)cc1. The van der Waals surface area contributed by atoms with Gasteiger partial charge in [0.15, 0.2) is 0 Å². The monoisotopic (exact) mass is 868 g/mol. The number of hydrogen-bond acceptors (Lipinski definition) is 11. The third-order valence-electron chi connectivity index (χ3n) is 8.59. The Morgan fingerprint density at radius 1 is 0.621 bits per heavy atom. The summed E-state index contributed by atoms with van der Waals surface area (Å²) in [5.41, 5.74) is 1.61. The lowest BCUT2D eigenvalue weighted by molar-refractivity contribution is 0.0126. The van der Waals surface area contributed by atoms with Crippen LogP contribution in [-0.2, 0) is 48.5 Å². The molecule has 2 fully saturated rings. The zero-order valence-corrected chi connectivity index (χ0v) is 37.0. The molecule has 0 bridgehead atoms. The number of nitrogens with zero attached hydrogens (tertiary/aromatic N) is 3. The molecule has 0 radical (unpaired) electrons. The van der Waals surface area contributed by atoms with Crippen LogP contribution in [0.2, 0.25) is 0 Å². The van der Waals surface area contributed by atoms with Crippen LogP contribution in [0, 0.1) is 0 Å². The lowest BCUT2D eigenvalue weighted by Gasteiger charge is -2.41. The summed E-state index contributed by atoms with van der Waals surface area (Å²) in [4.78, 5) is 26.4. The van der Waals surface area contributed by atoms with E-state index in [-0.39, 0.29) is 39.3 Å². The van der Waals surface area contributed by atoms with Crippen LogP contribution in [0.25, 0.3) is 0 Å². The van der Waals surface area contributed by atoms with Crippen LogP contribution in [0.5, 0.6) is 17.2 Å². The Kier molecular flexibility index (Phi) is 17.1. The first kappa shape index (κ1) is 48.1. The number of likely N-dealkylation sites (tertiary alicyclic amines) is 2. The van der Waals surface area contributed by atoms with E-state index < -0.39 is 53.9 Å². The van der Waals surface area contributed by atoms with Gasteiger partial charge < -0.3 is 33.5 Å².